The summed E-state index contributed by atoms with van der Waals surface area (Å²) in [5.74, 6) is -1.46. The number of carboxylic acid groups (broad SMARTS) is 1. The number of carbonyl (C=O) groups excluding carboxylic acids is 1. The van der Waals surface area contributed by atoms with Crippen LogP contribution in [0.5, 0.6) is 0 Å². The second-order valence-electron chi connectivity index (χ2n) is 7.00. The molecule has 0 aliphatic carbocycles. The number of carbonyl (C=O) groups is 2. The van der Waals surface area contributed by atoms with Crippen molar-refractivity contribution < 1.29 is 19.4 Å². The zero-order chi connectivity index (χ0) is 21.4. The van der Waals surface area contributed by atoms with Crippen LogP contribution in [-0.4, -0.2) is 30.2 Å². The number of hydrogen-bond acceptors (Lipinski definition) is 4. The SMILES string of the molecule is COC(=O)CC[C@@H](NC(c1ccccc1)(c1ccccc1)c1ccccc1)C(=O)O. The number of hydrogen-bond donors (Lipinski definition) is 2. The van der Waals surface area contributed by atoms with Gasteiger partial charge in [0.25, 0.3) is 0 Å². The molecule has 0 aliphatic heterocycles. The zero-order valence-corrected chi connectivity index (χ0v) is 16.8. The van der Waals surface area contributed by atoms with Crippen molar-refractivity contribution in [3.63, 3.8) is 0 Å². The number of rotatable bonds is 9. The molecule has 3 rings (SSSR count). The molecule has 2 N–H and O–H groups in total. The molecule has 154 valence electrons. The summed E-state index contributed by atoms with van der Waals surface area (Å²) in [6, 6.07) is 28.3. The molecule has 3 aromatic carbocycles. The van der Waals surface area contributed by atoms with Crippen LogP contribution in [0.4, 0.5) is 0 Å². The van der Waals surface area contributed by atoms with E-state index in [4.69, 9.17) is 4.74 Å². The molecule has 1 atom stereocenters. The molecule has 0 aromatic heterocycles. The number of aliphatic carboxylic acids is 1. The van der Waals surface area contributed by atoms with E-state index in [-0.39, 0.29) is 12.8 Å². The number of methoxy groups -OCH3 is 1. The van der Waals surface area contributed by atoms with Crippen LogP contribution in [0.2, 0.25) is 0 Å². The maximum atomic E-state index is 12.2. The van der Waals surface area contributed by atoms with Crippen molar-refractivity contribution in [1.82, 2.24) is 5.32 Å². The van der Waals surface area contributed by atoms with Crippen molar-refractivity contribution in [3.8, 4) is 0 Å². The Morgan fingerprint density at radius 1 is 0.833 bits per heavy atom. The van der Waals surface area contributed by atoms with Gasteiger partial charge in [-0.2, -0.15) is 0 Å². The van der Waals surface area contributed by atoms with Crippen LogP contribution in [-0.2, 0) is 19.9 Å². The Bertz CT molecular complexity index is 862. The summed E-state index contributed by atoms with van der Waals surface area (Å²) in [6.45, 7) is 0. The van der Waals surface area contributed by atoms with Gasteiger partial charge in [-0.15, -0.1) is 0 Å². The van der Waals surface area contributed by atoms with Gasteiger partial charge in [-0.25, -0.2) is 0 Å². The minimum Gasteiger partial charge on any atom is -0.480 e. The van der Waals surface area contributed by atoms with Gasteiger partial charge < -0.3 is 9.84 Å². The third-order valence-electron chi connectivity index (χ3n) is 5.17. The maximum absolute atomic E-state index is 12.2. The second-order valence-corrected chi connectivity index (χ2v) is 7.00. The molecule has 0 aliphatic rings. The highest BCUT2D eigenvalue weighted by atomic mass is 16.5. The largest absolute Gasteiger partial charge is 0.480 e. The van der Waals surface area contributed by atoms with Crippen LogP contribution in [0.15, 0.2) is 91.0 Å². The van der Waals surface area contributed by atoms with Crippen LogP contribution in [0.25, 0.3) is 0 Å². The topological polar surface area (TPSA) is 75.6 Å². The van der Waals surface area contributed by atoms with Crippen molar-refractivity contribution >= 4 is 11.9 Å². The molecule has 30 heavy (non-hydrogen) atoms. The number of benzene rings is 3. The molecule has 0 heterocycles. The first kappa shape index (κ1) is 21.3. The van der Waals surface area contributed by atoms with E-state index in [2.05, 4.69) is 5.32 Å². The molecule has 0 saturated heterocycles. The highest BCUT2D eigenvalue weighted by Crippen LogP contribution is 2.37. The molecule has 0 saturated carbocycles. The summed E-state index contributed by atoms with van der Waals surface area (Å²) in [6.07, 6.45) is 0.116. The Labute approximate surface area is 176 Å². The molecule has 0 unspecified atom stereocenters. The first-order valence-corrected chi connectivity index (χ1v) is 9.82. The Morgan fingerprint density at radius 3 is 1.57 bits per heavy atom. The molecule has 0 fully saturated rings. The molecule has 0 bridgehead atoms. The van der Waals surface area contributed by atoms with E-state index in [1.807, 2.05) is 91.0 Å². The lowest BCUT2D eigenvalue weighted by molar-refractivity contribution is -0.142. The fourth-order valence-electron chi connectivity index (χ4n) is 3.70. The minimum atomic E-state index is -1.02. The summed E-state index contributed by atoms with van der Waals surface area (Å²) >= 11 is 0. The van der Waals surface area contributed by atoms with Crippen LogP contribution in [0, 0.1) is 0 Å². The highest BCUT2D eigenvalue weighted by Gasteiger charge is 2.39. The Balaban J connectivity index is 2.17. The maximum Gasteiger partial charge on any atom is 0.320 e. The second kappa shape index (κ2) is 9.85. The molecule has 0 radical (unpaired) electrons. The number of nitrogens with one attached hydrogen (secondary N) is 1. The third kappa shape index (κ3) is 4.58. The predicted molar refractivity (Wildman–Crippen MR) is 115 cm³/mol. The van der Waals surface area contributed by atoms with Crippen LogP contribution >= 0.6 is 0 Å². The molecular formula is C25H25NO4. The number of carboxylic acids is 1. The van der Waals surface area contributed by atoms with Crippen LogP contribution in [0.3, 0.4) is 0 Å². The van der Waals surface area contributed by atoms with E-state index in [1.165, 1.54) is 7.11 Å². The molecule has 5 nitrogen and oxygen atoms in total. The van der Waals surface area contributed by atoms with Crippen LogP contribution in [0.1, 0.15) is 29.5 Å². The zero-order valence-electron chi connectivity index (χ0n) is 16.8. The van der Waals surface area contributed by atoms with Crippen molar-refractivity contribution in [1.29, 1.82) is 0 Å². The molecule has 0 amide bonds. The quantitative estimate of drug-likeness (QED) is 0.418. The number of ether oxygens (including phenoxy) is 1. The van der Waals surface area contributed by atoms with Crippen molar-refractivity contribution in [2.45, 2.75) is 24.4 Å². The lowest BCUT2D eigenvalue weighted by Crippen LogP contribution is -2.52. The average molecular weight is 403 g/mol. The summed E-state index contributed by atoms with van der Waals surface area (Å²) in [7, 11) is 1.30. The Kier molecular flexibility index (Phi) is 6.99. The van der Waals surface area contributed by atoms with Crippen molar-refractivity contribution in [2.75, 3.05) is 7.11 Å². The Morgan fingerprint density at radius 2 is 1.23 bits per heavy atom. The van der Waals surface area contributed by atoms with Crippen molar-refractivity contribution in [3.05, 3.63) is 108 Å². The molecule has 5 heteroatoms. The smallest absolute Gasteiger partial charge is 0.320 e. The number of esters is 1. The normalized spacial score (nSPS) is 12.2. The predicted octanol–water partition coefficient (Wildman–Crippen LogP) is 3.97. The fraction of sp³-hybridized carbons (Fsp3) is 0.200. The van der Waals surface area contributed by atoms with Gasteiger partial charge in [0, 0.05) is 6.42 Å². The lowest BCUT2D eigenvalue weighted by Gasteiger charge is -2.39. The Hall–Kier alpha value is -3.44. The first-order valence-electron chi connectivity index (χ1n) is 9.82. The van der Waals surface area contributed by atoms with Gasteiger partial charge in [0.05, 0.1) is 12.6 Å². The highest BCUT2D eigenvalue weighted by molar-refractivity contribution is 5.76. The van der Waals surface area contributed by atoms with E-state index < -0.39 is 23.5 Å². The van der Waals surface area contributed by atoms with Gasteiger partial charge in [-0.3, -0.25) is 14.9 Å². The lowest BCUT2D eigenvalue weighted by atomic mass is 9.76. The van der Waals surface area contributed by atoms with Gasteiger partial charge in [0.15, 0.2) is 0 Å². The monoisotopic (exact) mass is 403 g/mol. The summed E-state index contributed by atoms with van der Waals surface area (Å²) in [5.41, 5.74) is 1.81. The van der Waals surface area contributed by atoms with Crippen molar-refractivity contribution in [2.24, 2.45) is 0 Å². The van der Waals surface area contributed by atoms with Crippen LogP contribution < -0.4 is 5.32 Å². The summed E-state index contributed by atoms with van der Waals surface area (Å²) in [4.78, 5) is 23.8. The van der Waals surface area contributed by atoms with E-state index in [9.17, 15) is 14.7 Å². The van der Waals surface area contributed by atoms with Gasteiger partial charge in [-0.1, -0.05) is 91.0 Å². The standard InChI is InChI=1S/C25H25NO4/c1-30-23(27)18-17-22(24(28)29)26-25(19-11-5-2-6-12-19,20-13-7-3-8-14-20)21-15-9-4-10-16-21/h2-16,22,26H,17-18H2,1H3,(H,28,29)/t22-/m1/s1. The van der Waals surface area contributed by atoms with E-state index in [0.29, 0.717) is 0 Å². The minimum absolute atomic E-state index is 0.00884. The first-order chi connectivity index (χ1) is 14.6. The molecular weight excluding hydrogens is 378 g/mol. The van der Waals surface area contributed by atoms with E-state index in [0.717, 1.165) is 16.7 Å². The van der Waals surface area contributed by atoms with E-state index in [1.54, 1.807) is 0 Å². The third-order valence-corrected chi connectivity index (χ3v) is 5.17. The van der Waals surface area contributed by atoms with Gasteiger partial charge >= 0.3 is 11.9 Å². The summed E-state index contributed by atoms with van der Waals surface area (Å²) in [5, 5.41) is 13.3. The molecule has 3 aromatic rings. The fourth-order valence-corrected chi connectivity index (χ4v) is 3.70. The van der Waals surface area contributed by atoms with E-state index >= 15 is 0 Å². The summed E-state index contributed by atoms with van der Waals surface area (Å²) < 4.78 is 4.70. The van der Waals surface area contributed by atoms with Gasteiger partial charge in [0.1, 0.15) is 6.04 Å². The molecule has 0 spiro atoms. The average Bonchev–Trinajstić information content (AvgIpc) is 2.80. The van der Waals surface area contributed by atoms with Gasteiger partial charge in [-0.05, 0) is 23.1 Å². The van der Waals surface area contributed by atoms with Gasteiger partial charge in [0.2, 0.25) is 0 Å².